The molecule has 0 aliphatic heterocycles. The molecule has 0 saturated carbocycles. The maximum Gasteiger partial charge on any atom is 0.273 e. The van der Waals surface area contributed by atoms with E-state index in [4.69, 9.17) is 4.52 Å². The first kappa shape index (κ1) is 34.5. The van der Waals surface area contributed by atoms with Crippen LogP contribution >= 0.6 is 0 Å². The highest BCUT2D eigenvalue weighted by Gasteiger charge is 2.26. The first-order valence-electron chi connectivity index (χ1n) is 14.5. The second-order valence-electron chi connectivity index (χ2n) is 10.9. The van der Waals surface area contributed by atoms with Gasteiger partial charge in [0.1, 0.15) is 23.5 Å². The van der Waals surface area contributed by atoms with Gasteiger partial charge in [0.05, 0.1) is 12.1 Å². The number of amides is 2. The van der Waals surface area contributed by atoms with Crippen LogP contribution in [0.4, 0.5) is 5.69 Å². The van der Waals surface area contributed by atoms with E-state index in [1.54, 1.807) is 37.3 Å². The quantitative estimate of drug-likeness (QED) is 0.0695. The summed E-state index contributed by atoms with van der Waals surface area (Å²) in [6, 6.07) is 15.6. The zero-order chi connectivity index (χ0) is 32.9. The van der Waals surface area contributed by atoms with Gasteiger partial charge in [-0.25, -0.2) is 0 Å². The lowest BCUT2D eigenvalue weighted by Gasteiger charge is -2.25. The maximum absolute atomic E-state index is 13.7. The highest BCUT2D eigenvalue weighted by molar-refractivity contribution is 6.07. The molecule has 1 aromatic heterocycles. The van der Waals surface area contributed by atoms with Gasteiger partial charge >= 0.3 is 0 Å². The molecule has 0 radical (unpaired) electrons. The van der Waals surface area contributed by atoms with Gasteiger partial charge in [0.15, 0.2) is 17.8 Å². The van der Waals surface area contributed by atoms with Crippen molar-refractivity contribution >= 4 is 29.6 Å². The summed E-state index contributed by atoms with van der Waals surface area (Å²) in [6.45, 7) is 7.86. The number of hydrogen-bond acceptors (Lipinski definition) is 10. The van der Waals surface area contributed by atoms with Gasteiger partial charge in [-0.05, 0) is 49.6 Å². The summed E-state index contributed by atoms with van der Waals surface area (Å²) in [4.78, 5) is 50.2. The molecule has 0 fully saturated rings. The first-order chi connectivity index (χ1) is 21.5. The van der Waals surface area contributed by atoms with E-state index in [-0.39, 0.29) is 36.1 Å². The number of hydrogen-bond donors (Lipinski definition) is 5. The summed E-state index contributed by atoms with van der Waals surface area (Å²) in [5.74, 6) is -1.08. The maximum atomic E-state index is 13.7. The van der Waals surface area contributed by atoms with Gasteiger partial charge in [-0.3, -0.25) is 14.4 Å². The average molecular weight is 615 g/mol. The Morgan fingerprint density at radius 3 is 2.31 bits per heavy atom. The van der Waals surface area contributed by atoms with Gasteiger partial charge in [0.2, 0.25) is 0 Å². The molecule has 3 rings (SSSR count). The number of carbonyl (C=O) groups excluding carboxylic acids is 4. The predicted molar refractivity (Wildman–Crippen MR) is 167 cm³/mol. The van der Waals surface area contributed by atoms with Crippen LogP contribution in [0.25, 0.3) is 0 Å². The van der Waals surface area contributed by atoms with Crippen molar-refractivity contribution in [1.82, 2.24) is 21.1 Å². The molecule has 1 heterocycles. The molecule has 3 aromatic rings. The van der Waals surface area contributed by atoms with Gasteiger partial charge in [-0.2, -0.15) is 5.26 Å². The van der Waals surface area contributed by atoms with Crippen molar-refractivity contribution in [3.63, 3.8) is 0 Å². The Bertz CT molecular complexity index is 1540. The SMILES string of the molecule is Cc1ccc(CNC[C@H](NC[C@H](NC(=O)c2cc(C)on2)[C@@H](O)C=O)C(=O)c2ccc(NC(=O)C(C#N)=CC(C)C)cc2)cc1. The van der Waals surface area contributed by atoms with Gasteiger partial charge in [-0.1, -0.05) is 54.9 Å². The third-order valence-corrected chi connectivity index (χ3v) is 6.72. The fourth-order valence-electron chi connectivity index (χ4n) is 4.28. The normalized spacial score (nSPS) is 13.4. The second kappa shape index (κ2) is 16.8. The minimum Gasteiger partial charge on any atom is -0.383 e. The van der Waals surface area contributed by atoms with Crippen LogP contribution in [0.2, 0.25) is 0 Å². The second-order valence-corrected chi connectivity index (χ2v) is 10.9. The Balaban J connectivity index is 1.75. The van der Waals surface area contributed by atoms with Crippen LogP contribution in [-0.2, 0) is 16.1 Å². The van der Waals surface area contributed by atoms with Crippen LogP contribution in [-0.4, -0.2) is 65.4 Å². The van der Waals surface area contributed by atoms with Crippen molar-refractivity contribution < 1.29 is 28.8 Å². The number of nitrogens with one attached hydrogen (secondary N) is 4. The van der Waals surface area contributed by atoms with Crippen LogP contribution in [0.3, 0.4) is 0 Å². The minimum absolute atomic E-state index is 0.00749. The summed E-state index contributed by atoms with van der Waals surface area (Å²) >= 11 is 0. The van der Waals surface area contributed by atoms with Crippen LogP contribution < -0.4 is 21.3 Å². The third kappa shape index (κ3) is 10.6. The highest BCUT2D eigenvalue weighted by atomic mass is 16.5. The van der Waals surface area contributed by atoms with Crippen LogP contribution in [0.1, 0.15) is 51.6 Å². The first-order valence-corrected chi connectivity index (χ1v) is 14.5. The van der Waals surface area contributed by atoms with E-state index in [0.29, 0.717) is 29.8 Å². The molecule has 0 bridgehead atoms. The topological polar surface area (TPSA) is 186 Å². The van der Waals surface area contributed by atoms with Crippen molar-refractivity contribution in [2.24, 2.45) is 5.92 Å². The van der Waals surface area contributed by atoms with Crippen LogP contribution in [0.5, 0.6) is 0 Å². The Morgan fingerprint density at radius 1 is 1.04 bits per heavy atom. The van der Waals surface area contributed by atoms with Crippen molar-refractivity contribution in [3.05, 3.63) is 94.4 Å². The molecule has 12 heteroatoms. The molecule has 0 aliphatic carbocycles. The molecule has 45 heavy (non-hydrogen) atoms. The van der Waals surface area contributed by atoms with Gasteiger partial charge in [0, 0.05) is 37.0 Å². The minimum atomic E-state index is -1.56. The number of allylic oxidation sites excluding steroid dienone is 1. The lowest BCUT2D eigenvalue weighted by Crippen LogP contribution is -2.54. The molecule has 0 aliphatic rings. The molecule has 0 unspecified atom stereocenters. The Kier molecular flexibility index (Phi) is 12.9. The number of aliphatic hydroxyl groups excluding tert-OH is 1. The molecule has 5 N–H and O–H groups in total. The number of anilines is 1. The van der Waals surface area contributed by atoms with E-state index < -0.39 is 30.0 Å². The highest BCUT2D eigenvalue weighted by Crippen LogP contribution is 2.14. The summed E-state index contributed by atoms with van der Waals surface area (Å²) < 4.78 is 4.93. The molecular weight excluding hydrogens is 576 g/mol. The van der Waals surface area contributed by atoms with Crippen LogP contribution in [0, 0.1) is 31.1 Å². The number of aryl methyl sites for hydroxylation is 2. The number of benzene rings is 2. The van der Waals surface area contributed by atoms with E-state index in [2.05, 4.69) is 26.4 Å². The monoisotopic (exact) mass is 614 g/mol. The smallest absolute Gasteiger partial charge is 0.273 e. The van der Waals surface area contributed by atoms with Crippen molar-refractivity contribution in [1.29, 1.82) is 5.26 Å². The molecule has 2 amide bonds. The number of nitrogens with zero attached hydrogens (tertiary/aromatic N) is 2. The number of aromatic nitrogens is 1. The van der Waals surface area contributed by atoms with Crippen LogP contribution in [0.15, 0.2) is 70.8 Å². The number of rotatable bonds is 16. The van der Waals surface area contributed by atoms with E-state index in [1.807, 2.05) is 51.1 Å². The van der Waals surface area contributed by atoms with E-state index in [1.165, 1.54) is 6.07 Å². The van der Waals surface area contributed by atoms with Gasteiger partial charge in [-0.15, -0.1) is 0 Å². The number of Topliss-reactive ketones (excluding diaryl/α,β-unsaturated/α-hetero) is 1. The van der Waals surface area contributed by atoms with Crippen molar-refractivity contribution in [2.75, 3.05) is 18.4 Å². The number of ketones is 1. The predicted octanol–water partition coefficient (Wildman–Crippen LogP) is 2.63. The van der Waals surface area contributed by atoms with Crippen molar-refractivity contribution in [3.8, 4) is 6.07 Å². The number of aliphatic hydroxyl groups is 1. The summed E-state index contributed by atoms with van der Waals surface area (Å²) in [7, 11) is 0. The fourth-order valence-corrected chi connectivity index (χ4v) is 4.28. The molecule has 12 nitrogen and oxygen atoms in total. The summed E-state index contributed by atoms with van der Waals surface area (Å²) in [5, 5.41) is 34.8. The van der Waals surface area contributed by atoms with E-state index in [9.17, 15) is 29.5 Å². The lowest BCUT2D eigenvalue weighted by molar-refractivity contribution is -0.116. The standard InChI is InChI=1S/C33H38N6O6/c1-20(2)13-25(15-34)32(43)37-26-11-9-24(10-12-26)31(42)29(17-35-16-23-7-5-21(3)6-8-23)36-18-28(30(41)19-40)38-33(44)27-14-22(4)45-39-27/h5-14,19-20,28-30,35-36,41H,16-18H2,1-4H3,(H,37,43)(H,38,44)/t28-,29-,30-/m0/s1. The molecule has 236 valence electrons. The zero-order valence-electron chi connectivity index (χ0n) is 25.7. The largest absolute Gasteiger partial charge is 0.383 e. The number of carbonyl (C=O) groups is 4. The Morgan fingerprint density at radius 2 is 1.73 bits per heavy atom. The van der Waals surface area contributed by atoms with E-state index in [0.717, 1.165) is 11.1 Å². The molecule has 3 atom stereocenters. The lowest BCUT2D eigenvalue weighted by atomic mass is 10.0. The zero-order valence-corrected chi connectivity index (χ0v) is 25.7. The molecular formula is C33H38N6O6. The molecule has 0 spiro atoms. The molecule has 2 aromatic carbocycles. The molecule has 0 saturated heterocycles. The summed E-state index contributed by atoms with van der Waals surface area (Å²) in [6.07, 6.45) is 0.308. The average Bonchev–Trinajstić information content (AvgIpc) is 3.47. The summed E-state index contributed by atoms with van der Waals surface area (Å²) in [5.41, 5.74) is 2.85. The number of aldehydes is 1. The third-order valence-electron chi connectivity index (χ3n) is 6.72. The Labute approximate surface area is 261 Å². The van der Waals surface area contributed by atoms with Gasteiger partial charge < -0.3 is 35.7 Å². The number of nitriles is 1. The Hall–Kier alpha value is -4.96. The van der Waals surface area contributed by atoms with Gasteiger partial charge in [0.25, 0.3) is 11.8 Å². The fraction of sp³-hybridized carbons (Fsp3) is 0.333. The van der Waals surface area contributed by atoms with E-state index >= 15 is 0 Å². The van der Waals surface area contributed by atoms with Crippen molar-refractivity contribution in [2.45, 2.75) is 52.4 Å².